The van der Waals surface area contributed by atoms with Gasteiger partial charge >= 0.3 is 17.3 Å². The lowest BCUT2D eigenvalue weighted by Crippen LogP contribution is -2.44. The van der Waals surface area contributed by atoms with Crippen LogP contribution < -0.4 is 21.4 Å². The van der Waals surface area contributed by atoms with Crippen molar-refractivity contribution in [2.45, 2.75) is 33.9 Å². The summed E-state index contributed by atoms with van der Waals surface area (Å²) in [7, 11) is 0. The normalized spacial score (nSPS) is 11.2. The van der Waals surface area contributed by atoms with E-state index in [9.17, 15) is 23.9 Å². The molecule has 2 heterocycles. The molecule has 2 N–H and O–H groups in total. The molecule has 0 aliphatic heterocycles. The summed E-state index contributed by atoms with van der Waals surface area (Å²) >= 11 is 5.96. The topological polar surface area (TPSA) is 128 Å². The lowest BCUT2D eigenvalue weighted by Gasteiger charge is -2.17. The molecule has 0 saturated heterocycles. The smallest absolute Gasteiger partial charge is 0.354 e. The van der Waals surface area contributed by atoms with Gasteiger partial charge in [-0.05, 0) is 48.0 Å². The lowest BCUT2D eigenvalue weighted by molar-refractivity contribution is -0.141. The van der Waals surface area contributed by atoms with Crippen LogP contribution in [0.1, 0.15) is 26.3 Å². The van der Waals surface area contributed by atoms with Crippen molar-refractivity contribution in [3.8, 4) is 11.6 Å². The summed E-state index contributed by atoms with van der Waals surface area (Å²) in [4.78, 5) is 45.2. The Hall–Kier alpha value is -4.51. The molecule has 0 radical (unpaired) electrons. The number of aliphatic carboxylic acids is 1. The number of hydrogen-bond acceptors (Lipinski definition) is 7. The van der Waals surface area contributed by atoms with Gasteiger partial charge in [0, 0.05) is 29.5 Å². The molecule has 0 aliphatic carbocycles. The fourth-order valence-electron chi connectivity index (χ4n) is 3.35. The quantitative estimate of drug-likeness (QED) is 0.298. The zero-order valence-electron chi connectivity index (χ0n) is 21.5. The van der Waals surface area contributed by atoms with Crippen molar-refractivity contribution in [1.29, 1.82) is 0 Å². The third kappa shape index (κ3) is 7.74. The van der Waals surface area contributed by atoms with Crippen molar-refractivity contribution in [1.82, 2.24) is 19.1 Å². The van der Waals surface area contributed by atoms with Crippen molar-refractivity contribution < 1.29 is 19.0 Å². The van der Waals surface area contributed by atoms with Crippen molar-refractivity contribution in [2.24, 2.45) is 5.92 Å². The van der Waals surface area contributed by atoms with E-state index in [0.29, 0.717) is 22.0 Å². The predicted octanol–water partition coefficient (Wildman–Crippen LogP) is 4.92. The first-order valence-electron chi connectivity index (χ1n) is 12.0. The summed E-state index contributed by atoms with van der Waals surface area (Å²) in [6, 6.07) is 15.5. The number of carboxylic acids is 1. The van der Waals surface area contributed by atoms with E-state index in [-0.39, 0.29) is 24.9 Å². The van der Waals surface area contributed by atoms with E-state index in [1.54, 1.807) is 48.5 Å². The number of carbonyl (C=O) groups is 1. The molecule has 4 aromatic rings. The van der Waals surface area contributed by atoms with Crippen molar-refractivity contribution in [3.05, 3.63) is 104 Å². The van der Waals surface area contributed by atoms with E-state index in [1.807, 2.05) is 13.8 Å². The summed E-state index contributed by atoms with van der Waals surface area (Å²) < 4.78 is 20.9. The number of rotatable bonds is 9. The molecule has 4 rings (SSSR count). The average molecular weight is 556 g/mol. The Morgan fingerprint density at radius 3 is 2.36 bits per heavy atom. The summed E-state index contributed by atoms with van der Waals surface area (Å²) in [6.45, 7) is 5.10. The number of nitrogens with zero attached hydrogens (tertiary/aromatic N) is 4. The van der Waals surface area contributed by atoms with Crippen LogP contribution in [0.3, 0.4) is 0 Å². The molecule has 0 amide bonds. The summed E-state index contributed by atoms with van der Waals surface area (Å²) in [5.41, 5.74) is -0.417. The van der Waals surface area contributed by atoms with E-state index < -0.39 is 29.1 Å². The molecule has 0 bridgehead atoms. The number of pyridine rings is 1. The zero-order valence-corrected chi connectivity index (χ0v) is 22.2. The molecule has 0 fully saturated rings. The number of anilines is 2. The number of ether oxygens (including phenoxy) is 1. The van der Waals surface area contributed by atoms with Crippen LogP contribution >= 0.6 is 11.6 Å². The Morgan fingerprint density at radius 2 is 1.74 bits per heavy atom. The monoisotopic (exact) mass is 555 g/mol. The molecular weight excluding hydrogens is 529 g/mol. The predicted molar refractivity (Wildman–Crippen MR) is 145 cm³/mol. The number of hydrogen-bond donors (Lipinski definition) is 2. The van der Waals surface area contributed by atoms with Crippen molar-refractivity contribution in [2.75, 3.05) is 5.32 Å². The fourth-order valence-corrected chi connectivity index (χ4v) is 3.47. The van der Waals surface area contributed by atoms with Gasteiger partial charge in [0.1, 0.15) is 11.6 Å². The first-order valence-corrected chi connectivity index (χ1v) is 12.4. The highest BCUT2D eigenvalue weighted by Crippen LogP contribution is 2.23. The minimum atomic E-state index is -1.14. The molecular formula is C27H27ClFN5O5. The van der Waals surface area contributed by atoms with Gasteiger partial charge in [-0.2, -0.15) is 4.98 Å². The largest absolute Gasteiger partial charge is 0.481 e. The van der Waals surface area contributed by atoms with E-state index >= 15 is 0 Å². The highest BCUT2D eigenvalue weighted by atomic mass is 35.5. The first kappa shape index (κ1) is 29.1. The van der Waals surface area contributed by atoms with Gasteiger partial charge in [0.2, 0.25) is 11.8 Å². The lowest BCUT2D eigenvalue weighted by atomic mass is 10.2. The average Bonchev–Trinajstić information content (AvgIpc) is 2.92. The van der Waals surface area contributed by atoms with Crippen LogP contribution in [-0.4, -0.2) is 30.2 Å². The second-order valence-electron chi connectivity index (χ2n) is 8.13. The molecule has 10 nitrogen and oxygen atoms in total. The number of nitrogens with one attached hydrogen (secondary N) is 1. The van der Waals surface area contributed by atoms with Gasteiger partial charge in [0.05, 0.1) is 12.5 Å². The Morgan fingerprint density at radius 1 is 1.08 bits per heavy atom. The number of benzene rings is 2. The zero-order chi connectivity index (χ0) is 28.5. The van der Waals surface area contributed by atoms with E-state index in [0.717, 1.165) is 10.6 Å². The number of carboxylic acid groups (broad SMARTS) is 1. The van der Waals surface area contributed by atoms with Crippen LogP contribution in [0, 0.1) is 11.7 Å². The Kier molecular flexibility index (Phi) is 9.93. The maximum absolute atomic E-state index is 13.4. The molecule has 1 atom stereocenters. The summed E-state index contributed by atoms with van der Waals surface area (Å²) in [5, 5.41) is 12.7. The van der Waals surface area contributed by atoms with Gasteiger partial charge in [-0.3, -0.25) is 9.36 Å². The van der Waals surface area contributed by atoms with Crippen LogP contribution in [0.2, 0.25) is 5.02 Å². The second-order valence-corrected chi connectivity index (χ2v) is 8.56. The summed E-state index contributed by atoms with van der Waals surface area (Å²) in [5.74, 6) is -2.18. The molecule has 2 aromatic carbocycles. The third-order valence-corrected chi connectivity index (χ3v) is 5.56. The van der Waals surface area contributed by atoms with Gasteiger partial charge in [0.15, 0.2) is 0 Å². The maximum Gasteiger partial charge on any atom is 0.354 e. The van der Waals surface area contributed by atoms with Crippen LogP contribution in [0.15, 0.2) is 76.4 Å². The highest BCUT2D eigenvalue weighted by molar-refractivity contribution is 6.30. The van der Waals surface area contributed by atoms with E-state index in [2.05, 4.69) is 15.3 Å². The second kappa shape index (κ2) is 13.3. The van der Waals surface area contributed by atoms with Crippen molar-refractivity contribution >= 4 is 29.2 Å². The highest BCUT2D eigenvalue weighted by Gasteiger charge is 2.19. The van der Waals surface area contributed by atoms with Gasteiger partial charge in [-0.15, -0.1) is 0 Å². The fraction of sp³-hybridized carbons (Fsp3) is 0.222. The van der Waals surface area contributed by atoms with Crippen LogP contribution in [0.25, 0.3) is 0 Å². The van der Waals surface area contributed by atoms with E-state index in [4.69, 9.17) is 16.3 Å². The molecule has 0 aliphatic rings. The third-order valence-electron chi connectivity index (χ3n) is 5.31. The number of aromatic nitrogens is 4. The van der Waals surface area contributed by atoms with Crippen molar-refractivity contribution in [3.63, 3.8) is 0 Å². The minimum absolute atomic E-state index is 0.0374. The Labute approximate surface area is 228 Å². The molecule has 0 saturated carbocycles. The Balaban J connectivity index is 0.00000205. The standard InChI is InChI=1S/C25H21ClFN5O5.C2H6/c1-15(22(33)34)13-32-24(35)30-23(31(25(32)36)14-16-2-4-17(26)5-3-16)29-19-6-8-20(9-7-19)37-21-12-18(27)10-11-28-21;1-2/h2-12,15H,13-14H2,1H3,(H,33,34)(H,29,30,35);1-2H3/t15-;/m0./s1. The van der Waals surface area contributed by atoms with Crippen LogP contribution in [0.5, 0.6) is 11.6 Å². The molecule has 2 aromatic heterocycles. The van der Waals surface area contributed by atoms with Gasteiger partial charge in [-0.25, -0.2) is 23.5 Å². The molecule has 39 heavy (non-hydrogen) atoms. The molecule has 12 heteroatoms. The Bertz CT molecular complexity index is 1540. The first-order chi connectivity index (χ1) is 18.7. The van der Waals surface area contributed by atoms with Gasteiger partial charge < -0.3 is 15.2 Å². The maximum atomic E-state index is 13.4. The molecule has 0 unspecified atom stereocenters. The van der Waals surface area contributed by atoms with Gasteiger partial charge in [-0.1, -0.05) is 44.5 Å². The molecule has 204 valence electrons. The number of halogens is 2. The SMILES string of the molecule is CC.C[C@@H](Cn1c(=O)nc(Nc2ccc(Oc3cc(F)ccn3)cc2)n(Cc2ccc(Cl)cc2)c1=O)C(=O)O. The van der Waals surface area contributed by atoms with E-state index in [1.165, 1.54) is 23.8 Å². The van der Waals surface area contributed by atoms with Crippen LogP contribution in [-0.2, 0) is 17.9 Å². The minimum Gasteiger partial charge on any atom is -0.481 e. The molecule has 0 spiro atoms. The summed E-state index contributed by atoms with van der Waals surface area (Å²) in [6.07, 6.45) is 1.28. The van der Waals surface area contributed by atoms with Gasteiger partial charge in [0.25, 0.3) is 0 Å². The van der Waals surface area contributed by atoms with Crippen LogP contribution in [0.4, 0.5) is 16.0 Å².